The van der Waals surface area contributed by atoms with E-state index < -0.39 is 0 Å². The van der Waals surface area contributed by atoms with Crippen molar-refractivity contribution in [3.05, 3.63) is 29.6 Å². The number of aromatic nitrogens is 2. The second-order valence-electron chi connectivity index (χ2n) is 6.80. The van der Waals surface area contributed by atoms with Crippen LogP contribution in [0, 0.1) is 0 Å². The van der Waals surface area contributed by atoms with E-state index in [1.807, 2.05) is 0 Å². The molecule has 2 heterocycles. The number of pyridine rings is 1. The van der Waals surface area contributed by atoms with Crippen LogP contribution in [0.2, 0.25) is 0 Å². The normalized spacial score (nSPS) is 13.3. The van der Waals surface area contributed by atoms with Crippen LogP contribution in [0.15, 0.2) is 18.3 Å². The standard InChI is InChI=1S/C15H22N2/c1-14(2,3)10-9-16-11-7-8-12(15(4,5)6)17-13(10)11/h7-9,16H,1-6H3. The number of aromatic amines is 1. The Morgan fingerprint density at radius 2 is 1.59 bits per heavy atom. The predicted octanol–water partition coefficient (Wildman–Crippen LogP) is 4.16. The average molecular weight is 230 g/mol. The summed E-state index contributed by atoms with van der Waals surface area (Å²) in [7, 11) is 0. The van der Waals surface area contributed by atoms with Gasteiger partial charge in [-0.05, 0) is 17.5 Å². The van der Waals surface area contributed by atoms with Gasteiger partial charge in [-0.15, -0.1) is 0 Å². The lowest BCUT2D eigenvalue weighted by atomic mass is 9.87. The highest BCUT2D eigenvalue weighted by molar-refractivity contribution is 5.80. The Bertz CT molecular complexity index is 536. The molecular formula is C15H22N2. The summed E-state index contributed by atoms with van der Waals surface area (Å²) in [5, 5.41) is 0. The molecular weight excluding hydrogens is 208 g/mol. The first-order chi connectivity index (χ1) is 7.69. The third-order valence-electron chi connectivity index (χ3n) is 3.10. The summed E-state index contributed by atoms with van der Waals surface area (Å²) in [5.41, 5.74) is 4.91. The van der Waals surface area contributed by atoms with E-state index in [1.165, 1.54) is 5.56 Å². The number of rotatable bonds is 0. The minimum Gasteiger partial charge on any atom is -0.360 e. The van der Waals surface area contributed by atoms with Crippen LogP contribution in [0.5, 0.6) is 0 Å². The Hall–Kier alpha value is -1.31. The largest absolute Gasteiger partial charge is 0.360 e. The minimum absolute atomic E-state index is 0.0978. The summed E-state index contributed by atoms with van der Waals surface area (Å²) in [6.07, 6.45) is 2.09. The quantitative estimate of drug-likeness (QED) is 0.723. The molecule has 0 saturated heterocycles. The van der Waals surface area contributed by atoms with E-state index in [2.05, 4.69) is 64.9 Å². The van der Waals surface area contributed by atoms with Crippen LogP contribution in [-0.2, 0) is 10.8 Å². The van der Waals surface area contributed by atoms with E-state index in [9.17, 15) is 0 Å². The molecule has 0 saturated carbocycles. The summed E-state index contributed by atoms with van der Waals surface area (Å²) in [4.78, 5) is 8.15. The highest BCUT2D eigenvalue weighted by atomic mass is 14.8. The van der Waals surface area contributed by atoms with Crippen molar-refractivity contribution in [3.8, 4) is 0 Å². The zero-order valence-corrected chi connectivity index (χ0v) is 11.7. The molecule has 0 fully saturated rings. The van der Waals surface area contributed by atoms with E-state index in [0.717, 1.165) is 16.7 Å². The predicted molar refractivity (Wildman–Crippen MR) is 73.5 cm³/mol. The molecule has 1 N–H and O–H groups in total. The van der Waals surface area contributed by atoms with Gasteiger partial charge in [0.05, 0.1) is 11.0 Å². The lowest BCUT2D eigenvalue weighted by Crippen LogP contribution is -2.15. The van der Waals surface area contributed by atoms with Gasteiger partial charge in [-0.25, -0.2) is 0 Å². The molecule has 2 rings (SSSR count). The first-order valence-corrected chi connectivity index (χ1v) is 6.19. The molecule has 2 heteroatoms. The summed E-state index contributed by atoms with van der Waals surface area (Å²) in [6.45, 7) is 13.3. The average Bonchev–Trinajstić information content (AvgIpc) is 2.57. The van der Waals surface area contributed by atoms with E-state index in [0.29, 0.717) is 0 Å². The number of hydrogen-bond acceptors (Lipinski definition) is 1. The third kappa shape index (κ3) is 2.21. The molecule has 0 spiro atoms. The van der Waals surface area contributed by atoms with E-state index >= 15 is 0 Å². The third-order valence-corrected chi connectivity index (χ3v) is 3.10. The van der Waals surface area contributed by atoms with Crippen molar-refractivity contribution in [1.82, 2.24) is 9.97 Å². The van der Waals surface area contributed by atoms with Gasteiger partial charge in [-0.2, -0.15) is 0 Å². The Kier molecular flexibility index (Phi) is 2.57. The van der Waals surface area contributed by atoms with Gasteiger partial charge in [0.15, 0.2) is 0 Å². The summed E-state index contributed by atoms with van der Waals surface area (Å²) in [5.74, 6) is 0. The molecule has 0 aliphatic carbocycles. The number of H-pyrrole nitrogens is 1. The molecule has 2 aromatic rings. The fourth-order valence-electron chi connectivity index (χ4n) is 1.99. The monoisotopic (exact) mass is 230 g/mol. The van der Waals surface area contributed by atoms with Gasteiger partial charge in [0.2, 0.25) is 0 Å². The highest BCUT2D eigenvalue weighted by Gasteiger charge is 2.21. The van der Waals surface area contributed by atoms with Gasteiger partial charge in [0, 0.05) is 22.9 Å². The van der Waals surface area contributed by atoms with Gasteiger partial charge < -0.3 is 4.98 Å². The number of fused-ring (bicyclic) bond motifs is 1. The second kappa shape index (κ2) is 3.59. The lowest BCUT2D eigenvalue weighted by Gasteiger charge is -2.20. The van der Waals surface area contributed by atoms with Crippen LogP contribution >= 0.6 is 0 Å². The first-order valence-electron chi connectivity index (χ1n) is 6.19. The molecule has 2 nitrogen and oxygen atoms in total. The van der Waals surface area contributed by atoms with E-state index in [1.54, 1.807) is 0 Å². The molecule has 0 aliphatic heterocycles. The maximum atomic E-state index is 4.84. The maximum absolute atomic E-state index is 4.84. The van der Waals surface area contributed by atoms with Crippen LogP contribution in [0.1, 0.15) is 52.8 Å². The SMILES string of the molecule is CC(C)(C)c1ccc2[nH]cc(C(C)(C)C)c2n1. The van der Waals surface area contributed by atoms with Crippen molar-refractivity contribution in [2.24, 2.45) is 0 Å². The van der Waals surface area contributed by atoms with Gasteiger partial charge in [0.25, 0.3) is 0 Å². The van der Waals surface area contributed by atoms with E-state index in [4.69, 9.17) is 4.98 Å². The Morgan fingerprint density at radius 3 is 2.12 bits per heavy atom. The molecule has 2 aromatic heterocycles. The molecule has 92 valence electrons. The van der Waals surface area contributed by atoms with Gasteiger partial charge in [-0.3, -0.25) is 4.98 Å². The van der Waals surface area contributed by atoms with Crippen molar-refractivity contribution in [3.63, 3.8) is 0 Å². The number of hydrogen-bond donors (Lipinski definition) is 1. The topological polar surface area (TPSA) is 28.7 Å². The molecule has 17 heavy (non-hydrogen) atoms. The van der Waals surface area contributed by atoms with Crippen molar-refractivity contribution in [1.29, 1.82) is 0 Å². The summed E-state index contributed by atoms with van der Waals surface area (Å²) in [6, 6.07) is 4.25. The van der Waals surface area contributed by atoms with Crippen molar-refractivity contribution in [2.75, 3.05) is 0 Å². The second-order valence-corrected chi connectivity index (χ2v) is 6.80. The summed E-state index contributed by atoms with van der Waals surface area (Å²) >= 11 is 0. The smallest absolute Gasteiger partial charge is 0.0919 e. The molecule has 0 bridgehead atoms. The van der Waals surface area contributed by atoms with Crippen LogP contribution in [-0.4, -0.2) is 9.97 Å². The Morgan fingerprint density at radius 1 is 0.941 bits per heavy atom. The fourth-order valence-corrected chi connectivity index (χ4v) is 1.99. The molecule has 0 atom stereocenters. The van der Waals surface area contributed by atoms with Crippen LogP contribution in [0.4, 0.5) is 0 Å². The minimum atomic E-state index is 0.0978. The maximum Gasteiger partial charge on any atom is 0.0919 e. The Labute approximate surface area is 103 Å². The zero-order valence-electron chi connectivity index (χ0n) is 11.7. The lowest BCUT2D eigenvalue weighted by molar-refractivity contribution is 0.568. The van der Waals surface area contributed by atoms with Crippen LogP contribution < -0.4 is 0 Å². The van der Waals surface area contributed by atoms with E-state index in [-0.39, 0.29) is 10.8 Å². The first kappa shape index (κ1) is 12.2. The van der Waals surface area contributed by atoms with Crippen LogP contribution in [0.25, 0.3) is 11.0 Å². The molecule has 0 unspecified atom stereocenters. The highest BCUT2D eigenvalue weighted by Crippen LogP contribution is 2.30. The number of nitrogens with one attached hydrogen (secondary N) is 1. The molecule has 0 aliphatic rings. The molecule has 0 radical (unpaired) electrons. The molecule has 0 aromatic carbocycles. The van der Waals surface area contributed by atoms with Crippen molar-refractivity contribution < 1.29 is 0 Å². The van der Waals surface area contributed by atoms with Crippen LogP contribution in [0.3, 0.4) is 0 Å². The Balaban J connectivity index is 2.67. The zero-order chi connectivity index (χ0) is 12.8. The number of nitrogens with zero attached hydrogens (tertiary/aromatic N) is 1. The molecule has 0 amide bonds. The van der Waals surface area contributed by atoms with Gasteiger partial charge in [-0.1, -0.05) is 41.5 Å². The van der Waals surface area contributed by atoms with Gasteiger partial charge >= 0.3 is 0 Å². The van der Waals surface area contributed by atoms with Crippen molar-refractivity contribution in [2.45, 2.75) is 52.4 Å². The summed E-state index contributed by atoms with van der Waals surface area (Å²) < 4.78 is 0. The fraction of sp³-hybridized carbons (Fsp3) is 0.533. The van der Waals surface area contributed by atoms with Crippen molar-refractivity contribution >= 4 is 11.0 Å². The van der Waals surface area contributed by atoms with Gasteiger partial charge in [0.1, 0.15) is 0 Å².